The highest BCUT2D eigenvalue weighted by Gasteiger charge is 2.15. The summed E-state index contributed by atoms with van der Waals surface area (Å²) >= 11 is 0. The van der Waals surface area contributed by atoms with Gasteiger partial charge in [0.1, 0.15) is 5.82 Å². The van der Waals surface area contributed by atoms with E-state index in [0.717, 1.165) is 6.42 Å². The molecule has 2 unspecified atom stereocenters. The molecule has 0 radical (unpaired) electrons. The van der Waals surface area contributed by atoms with E-state index in [9.17, 15) is 4.79 Å². The van der Waals surface area contributed by atoms with Crippen molar-refractivity contribution in [3.8, 4) is 0 Å². The van der Waals surface area contributed by atoms with Crippen LogP contribution in [0.5, 0.6) is 0 Å². The largest absolute Gasteiger partial charge is 0.478 e. The second-order valence-corrected chi connectivity index (χ2v) is 4.24. The lowest BCUT2D eigenvalue weighted by atomic mass is 10.0. The zero-order valence-electron chi connectivity index (χ0n) is 10.4. The van der Waals surface area contributed by atoms with Gasteiger partial charge in [-0.3, -0.25) is 0 Å². The number of pyridine rings is 1. The smallest absolute Gasteiger partial charge is 0.337 e. The summed E-state index contributed by atoms with van der Waals surface area (Å²) in [5.41, 5.74) is 6.04. The fraction of sp³-hybridized carbons (Fsp3) is 0.500. The summed E-state index contributed by atoms with van der Waals surface area (Å²) in [6.07, 6.45) is 2.48. The Labute approximate surface area is 101 Å². The first-order chi connectivity index (χ1) is 7.97. The van der Waals surface area contributed by atoms with E-state index in [-0.39, 0.29) is 17.3 Å². The number of anilines is 2. The topological polar surface area (TPSA) is 88.2 Å². The van der Waals surface area contributed by atoms with Crippen LogP contribution in [0, 0.1) is 5.92 Å². The SMILES string of the molecule is CCC(C)C(C)Nc1nccc(C(=O)O)c1N. The molecule has 4 N–H and O–H groups in total. The normalized spacial score (nSPS) is 14.1. The number of carboxylic acid groups (broad SMARTS) is 1. The number of nitrogens with zero attached hydrogens (tertiary/aromatic N) is 1. The number of aromatic nitrogens is 1. The molecule has 0 aliphatic carbocycles. The Morgan fingerprint density at radius 2 is 2.24 bits per heavy atom. The van der Waals surface area contributed by atoms with Crippen molar-refractivity contribution in [1.29, 1.82) is 0 Å². The van der Waals surface area contributed by atoms with Crippen LogP contribution in [-0.4, -0.2) is 22.1 Å². The van der Waals surface area contributed by atoms with Crippen LogP contribution in [0.1, 0.15) is 37.6 Å². The monoisotopic (exact) mass is 237 g/mol. The molecule has 1 rings (SSSR count). The predicted molar refractivity (Wildman–Crippen MR) is 68.1 cm³/mol. The highest BCUT2D eigenvalue weighted by Crippen LogP contribution is 2.22. The zero-order valence-corrected chi connectivity index (χ0v) is 10.4. The third kappa shape index (κ3) is 3.09. The van der Waals surface area contributed by atoms with Gasteiger partial charge in [-0.15, -0.1) is 0 Å². The van der Waals surface area contributed by atoms with Crippen molar-refractivity contribution in [2.24, 2.45) is 5.92 Å². The number of rotatable bonds is 5. The number of carbonyl (C=O) groups is 1. The van der Waals surface area contributed by atoms with Gasteiger partial charge in [-0.2, -0.15) is 0 Å². The molecule has 0 aromatic carbocycles. The third-order valence-electron chi connectivity index (χ3n) is 3.08. The maximum Gasteiger partial charge on any atom is 0.337 e. The van der Waals surface area contributed by atoms with E-state index in [1.807, 2.05) is 6.92 Å². The fourth-order valence-electron chi connectivity index (χ4n) is 1.49. The van der Waals surface area contributed by atoms with Crippen LogP contribution >= 0.6 is 0 Å². The van der Waals surface area contributed by atoms with Gasteiger partial charge in [0.05, 0.1) is 11.3 Å². The first kappa shape index (κ1) is 13.3. The molecule has 1 aromatic rings. The number of aromatic carboxylic acids is 1. The molecule has 1 aromatic heterocycles. The van der Waals surface area contributed by atoms with E-state index in [1.54, 1.807) is 0 Å². The molecule has 0 amide bonds. The van der Waals surface area contributed by atoms with Gasteiger partial charge >= 0.3 is 5.97 Å². The summed E-state index contributed by atoms with van der Waals surface area (Å²) in [5.74, 6) is -0.133. The number of hydrogen-bond acceptors (Lipinski definition) is 4. The van der Waals surface area contributed by atoms with Gasteiger partial charge in [-0.25, -0.2) is 9.78 Å². The number of carboxylic acids is 1. The van der Waals surface area contributed by atoms with Crippen LogP contribution in [0.25, 0.3) is 0 Å². The molecule has 5 nitrogen and oxygen atoms in total. The van der Waals surface area contributed by atoms with Crippen molar-refractivity contribution < 1.29 is 9.90 Å². The molecule has 0 fully saturated rings. The molecule has 0 saturated carbocycles. The van der Waals surface area contributed by atoms with Crippen LogP contribution in [0.3, 0.4) is 0 Å². The lowest BCUT2D eigenvalue weighted by Gasteiger charge is -2.21. The van der Waals surface area contributed by atoms with E-state index < -0.39 is 5.97 Å². The third-order valence-corrected chi connectivity index (χ3v) is 3.08. The minimum absolute atomic E-state index is 0.0823. The predicted octanol–water partition coefficient (Wildman–Crippen LogP) is 2.21. The summed E-state index contributed by atoms with van der Waals surface area (Å²) in [6, 6.07) is 1.59. The number of hydrogen-bond donors (Lipinski definition) is 3. The maximum absolute atomic E-state index is 10.9. The molecular formula is C12H19N3O2. The molecule has 17 heavy (non-hydrogen) atoms. The van der Waals surface area contributed by atoms with Gasteiger partial charge in [-0.1, -0.05) is 20.3 Å². The summed E-state index contributed by atoms with van der Waals surface area (Å²) < 4.78 is 0. The van der Waals surface area contributed by atoms with E-state index in [2.05, 4.69) is 24.1 Å². The Morgan fingerprint density at radius 3 is 2.76 bits per heavy atom. The lowest BCUT2D eigenvalue weighted by molar-refractivity contribution is 0.0698. The average Bonchev–Trinajstić information content (AvgIpc) is 2.30. The molecule has 5 heteroatoms. The Bertz CT molecular complexity index is 407. The highest BCUT2D eigenvalue weighted by atomic mass is 16.4. The van der Waals surface area contributed by atoms with Gasteiger partial charge in [0.25, 0.3) is 0 Å². The van der Waals surface area contributed by atoms with Crippen LogP contribution in [0.4, 0.5) is 11.5 Å². The lowest BCUT2D eigenvalue weighted by Crippen LogP contribution is -2.24. The quantitative estimate of drug-likeness (QED) is 0.730. The molecular weight excluding hydrogens is 218 g/mol. The van der Waals surface area contributed by atoms with E-state index in [0.29, 0.717) is 11.7 Å². The average molecular weight is 237 g/mol. The van der Waals surface area contributed by atoms with Crippen molar-refractivity contribution in [1.82, 2.24) is 4.98 Å². The second kappa shape index (κ2) is 5.52. The summed E-state index contributed by atoms with van der Waals surface area (Å²) in [7, 11) is 0. The number of nitrogen functional groups attached to an aromatic ring is 1. The van der Waals surface area contributed by atoms with Crippen LogP contribution < -0.4 is 11.1 Å². The van der Waals surface area contributed by atoms with Crippen molar-refractivity contribution in [2.45, 2.75) is 33.2 Å². The summed E-state index contributed by atoms with van der Waals surface area (Å²) in [5, 5.41) is 12.1. The van der Waals surface area contributed by atoms with E-state index in [1.165, 1.54) is 12.3 Å². The van der Waals surface area contributed by atoms with Crippen molar-refractivity contribution in [3.63, 3.8) is 0 Å². The summed E-state index contributed by atoms with van der Waals surface area (Å²) in [6.45, 7) is 6.25. The van der Waals surface area contributed by atoms with Gasteiger partial charge in [0.15, 0.2) is 0 Å². The minimum atomic E-state index is -1.04. The highest BCUT2D eigenvalue weighted by molar-refractivity contribution is 5.96. The number of nitrogens with two attached hydrogens (primary N) is 1. The molecule has 0 aliphatic heterocycles. The number of nitrogens with one attached hydrogen (secondary N) is 1. The molecule has 0 aliphatic rings. The molecule has 0 spiro atoms. The first-order valence-corrected chi connectivity index (χ1v) is 5.71. The molecule has 1 heterocycles. The van der Waals surface area contributed by atoms with Gasteiger partial charge < -0.3 is 16.2 Å². The van der Waals surface area contributed by atoms with E-state index >= 15 is 0 Å². The van der Waals surface area contributed by atoms with Crippen molar-refractivity contribution in [3.05, 3.63) is 17.8 Å². The zero-order chi connectivity index (χ0) is 13.0. The van der Waals surface area contributed by atoms with Gasteiger partial charge in [-0.05, 0) is 18.9 Å². The first-order valence-electron chi connectivity index (χ1n) is 5.71. The Hall–Kier alpha value is -1.78. The van der Waals surface area contributed by atoms with Gasteiger partial charge in [0.2, 0.25) is 0 Å². The van der Waals surface area contributed by atoms with Crippen LogP contribution in [-0.2, 0) is 0 Å². The summed E-state index contributed by atoms with van der Waals surface area (Å²) in [4.78, 5) is 15.0. The Balaban J connectivity index is 2.92. The van der Waals surface area contributed by atoms with Crippen LogP contribution in [0.15, 0.2) is 12.3 Å². The van der Waals surface area contributed by atoms with Crippen molar-refractivity contribution >= 4 is 17.5 Å². The van der Waals surface area contributed by atoms with Gasteiger partial charge in [0, 0.05) is 12.2 Å². The standard InChI is InChI=1S/C12H19N3O2/c1-4-7(2)8(3)15-11-10(13)9(12(16)17)5-6-14-11/h5-8H,4,13H2,1-3H3,(H,14,15)(H,16,17). The molecule has 94 valence electrons. The molecule has 0 saturated heterocycles. The molecule has 0 bridgehead atoms. The fourth-order valence-corrected chi connectivity index (χ4v) is 1.49. The minimum Gasteiger partial charge on any atom is -0.478 e. The Morgan fingerprint density at radius 1 is 1.59 bits per heavy atom. The van der Waals surface area contributed by atoms with Crippen LogP contribution in [0.2, 0.25) is 0 Å². The Kier molecular flexibility index (Phi) is 4.31. The molecule has 2 atom stereocenters. The van der Waals surface area contributed by atoms with E-state index in [4.69, 9.17) is 10.8 Å². The second-order valence-electron chi connectivity index (χ2n) is 4.24. The maximum atomic E-state index is 10.9. The van der Waals surface area contributed by atoms with Crippen molar-refractivity contribution in [2.75, 3.05) is 11.1 Å².